The van der Waals surface area contributed by atoms with E-state index < -0.39 is 46.0 Å². The molecule has 0 saturated carbocycles. The van der Waals surface area contributed by atoms with Gasteiger partial charge in [0.1, 0.15) is 5.54 Å². The van der Waals surface area contributed by atoms with Gasteiger partial charge in [-0.1, -0.05) is 24.6 Å². The van der Waals surface area contributed by atoms with Gasteiger partial charge in [-0.15, -0.1) is 0 Å². The number of carbonyl (C=O) groups excluding carboxylic acids is 2. The Morgan fingerprint density at radius 2 is 1.47 bits per heavy atom. The van der Waals surface area contributed by atoms with Crippen molar-refractivity contribution in [1.82, 2.24) is 15.1 Å². The van der Waals surface area contributed by atoms with Gasteiger partial charge in [-0.25, -0.2) is 0 Å². The van der Waals surface area contributed by atoms with Crippen LogP contribution < -0.4 is 10.2 Å². The topological polar surface area (TPSA) is 55.9 Å². The molecule has 6 nitrogen and oxygen atoms in total. The van der Waals surface area contributed by atoms with Crippen molar-refractivity contribution in [3.8, 4) is 0 Å². The van der Waals surface area contributed by atoms with Gasteiger partial charge >= 0.3 is 12.4 Å². The Morgan fingerprint density at radius 3 is 2.02 bits per heavy atom. The number of nitrogens with zero attached hydrogens (tertiary/aromatic N) is 3. The highest BCUT2D eigenvalue weighted by Gasteiger charge is 2.66. The predicted octanol–water partition coefficient (Wildman–Crippen LogP) is 5.89. The van der Waals surface area contributed by atoms with Crippen LogP contribution in [0.3, 0.4) is 0 Å². The van der Waals surface area contributed by atoms with Crippen LogP contribution in [0.5, 0.6) is 0 Å². The molecule has 43 heavy (non-hydrogen) atoms. The van der Waals surface area contributed by atoms with E-state index in [-0.39, 0.29) is 18.5 Å². The summed E-state index contributed by atoms with van der Waals surface area (Å²) >= 11 is 0. The Balaban J connectivity index is 1.71. The summed E-state index contributed by atoms with van der Waals surface area (Å²) in [6.45, 7) is 6.35. The standard InChI is InChI=1S/C31H36F6N4O2/c1-21-8-4-5-9-25(21)41-28(2,26(42)22-18-23(30(32,33)34)20-24(19-22)31(35,36)37)40(17-16-39-14-6-3-7-15-39)27(43)29(41)10-12-38-13-11-29/h4-5,8-9,18-20,38H,3,6-7,10-17H2,1-2H3. The van der Waals surface area contributed by atoms with E-state index in [1.807, 2.05) is 13.0 Å². The van der Waals surface area contributed by atoms with Crippen LogP contribution in [0.2, 0.25) is 0 Å². The first-order chi connectivity index (χ1) is 20.2. The van der Waals surface area contributed by atoms with E-state index in [0.29, 0.717) is 50.3 Å². The third-order valence-corrected chi connectivity index (χ3v) is 9.19. The summed E-state index contributed by atoms with van der Waals surface area (Å²) in [6.07, 6.45) is -6.55. The SMILES string of the molecule is Cc1ccccc1N1C2(CCNCC2)C(=O)N(CCN2CCCCC2)C1(C)C(=O)c1cc(C(F)(F)F)cc(C(F)(F)F)c1. The second kappa shape index (κ2) is 11.4. The van der Waals surface area contributed by atoms with Crippen LogP contribution >= 0.6 is 0 Å². The highest BCUT2D eigenvalue weighted by atomic mass is 19.4. The summed E-state index contributed by atoms with van der Waals surface area (Å²) in [5, 5.41) is 3.24. The number of halogens is 6. The van der Waals surface area contributed by atoms with E-state index in [1.54, 1.807) is 23.1 Å². The van der Waals surface area contributed by atoms with E-state index in [0.717, 1.165) is 37.9 Å². The fraction of sp³-hybridized carbons (Fsp3) is 0.548. The molecule has 1 spiro atoms. The number of hydrogen-bond donors (Lipinski definition) is 1. The van der Waals surface area contributed by atoms with Crippen molar-refractivity contribution in [2.45, 2.75) is 69.5 Å². The third kappa shape index (κ3) is 5.63. The van der Waals surface area contributed by atoms with Gasteiger partial charge in [0.2, 0.25) is 5.78 Å². The van der Waals surface area contributed by atoms with Crippen molar-refractivity contribution in [3.05, 3.63) is 64.7 Å². The molecule has 5 rings (SSSR count). The normalized spacial score (nSPS) is 23.3. The van der Waals surface area contributed by atoms with Crippen LogP contribution in [-0.4, -0.2) is 72.0 Å². The monoisotopic (exact) mass is 610 g/mol. The van der Waals surface area contributed by atoms with Crippen molar-refractivity contribution in [2.75, 3.05) is 44.2 Å². The van der Waals surface area contributed by atoms with Crippen LogP contribution in [0.15, 0.2) is 42.5 Å². The van der Waals surface area contributed by atoms with Gasteiger partial charge in [0.25, 0.3) is 5.91 Å². The molecule has 0 aliphatic carbocycles. The molecule has 2 aromatic rings. The predicted molar refractivity (Wildman–Crippen MR) is 150 cm³/mol. The number of alkyl halides is 6. The average Bonchev–Trinajstić information content (AvgIpc) is 3.14. The summed E-state index contributed by atoms with van der Waals surface area (Å²) < 4.78 is 83.1. The molecule has 0 bridgehead atoms. The Hall–Kier alpha value is -3.12. The lowest BCUT2D eigenvalue weighted by Crippen LogP contribution is -2.63. The minimum Gasteiger partial charge on any atom is -0.327 e. The highest BCUT2D eigenvalue weighted by molar-refractivity contribution is 6.12. The smallest absolute Gasteiger partial charge is 0.327 e. The van der Waals surface area contributed by atoms with Crippen molar-refractivity contribution in [1.29, 1.82) is 0 Å². The van der Waals surface area contributed by atoms with Gasteiger partial charge in [0.15, 0.2) is 5.66 Å². The molecule has 3 heterocycles. The first-order valence-corrected chi connectivity index (χ1v) is 14.6. The third-order valence-electron chi connectivity index (χ3n) is 9.19. The van der Waals surface area contributed by atoms with Gasteiger partial charge in [-0.05, 0) is 95.5 Å². The van der Waals surface area contributed by atoms with Gasteiger partial charge in [-0.2, -0.15) is 26.3 Å². The molecule has 1 atom stereocenters. The molecule has 1 N–H and O–H groups in total. The number of hydrogen-bond acceptors (Lipinski definition) is 5. The molecule has 0 aromatic heterocycles. The van der Waals surface area contributed by atoms with Crippen molar-refractivity contribution < 1.29 is 35.9 Å². The maximum atomic E-state index is 14.7. The Kier molecular flexibility index (Phi) is 8.32. The summed E-state index contributed by atoms with van der Waals surface area (Å²) in [4.78, 5) is 34.5. The van der Waals surface area contributed by atoms with Crippen molar-refractivity contribution in [3.63, 3.8) is 0 Å². The largest absolute Gasteiger partial charge is 0.416 e. The van der Waals surface area contributed by atoms with Crippen LogP contribution in [-0.2, 0) is 17.1 Å². The van der Waals surface area contributed by atoms with E-state index in [9.17, 15) is 35.9 Å². The Morgan fingerprint density at radius 1 is 0.884 bits per heavy atom. The Bertz CT molecular complexity index is 1330. The molecule has 234 valence electrons. The number of aryl methyl sites for hydroxylation is 1. The molecule has 2 aromatic carbocycles. The maximum absolute atomic E-state index is 14.7. The highest BCUT2D eigenvalue weighted by Crippen LogP contribution is 2.49. The van der Waals surface area contributed by atoms with E-state index in [1.165, 1.54) is 11.8 Å². The number of nitrogens with one attached hydrogen (secondary N) is 1. The molecule has 3 fully saturated rings. The number of amides is 1. The van der Waals surface area contributed by atoms with Gasteiger partial charge in [0.05, 0.1) is 11.1 Å². The molecular weight excluding hydrogens is 574 g/mol. The minimum atomic E-state index is -5.12. The summed E-state index contributed by atoms with van der Waals surface area (Å²) in [5.74, 6) is -1.33. The quantitative estimate of drug-likeness (QED) is 0.327. The molecule has 3 aliphatic heterocycles. The van der Waals surface area contributed by atoms with E-state index in [4.69, 9.17) is 0 Å². The van der Waals surface area contributed by atoms with Crippen LogP contribution in [0, 0.1) is 6.92 Å². The van der Waals surface area contributed by atoms with Gasteiger partial charge in [-0.3, -0.25) is 9.59 Å². The zero-order valence-corrected chi connectivity index (χ0v) is 24.2. The van der Waals surface area contributed by atoms with E-state index >= 15 is 0 Å². The molecule has 3 aliphatic rings. The second-order valence-corrected chi connectivity index (χ2v) is 11.9. The van der Waals surface area contributed by atoms with Crippen molar-refractivity contribution in [2.24, 2.45) is 0 Å². The zero-order chi connectivity index (χ0) is 31.2. The number of carbonyl (C=O) groups is 2. The first kappa shape index (κ1) is 31.3. The number of para-hydroxylation sites is 1. The van der Waals surface area contributed by atoms with E-state index in [2.05, 4.69) is 10.2 Å². The first-order valence-electron chi connectivity index (χ1n) is 14.6. The van der Waals surface area contributed by atoms with Crippen LogP contribution in [0.4, 0.5) is 32.0 Å². The Labute approximate surface area is 247 Å². The zero-order valence-electron chi connectivity index (χ0n) is 24.2. The van der Waals surface area contributed by atoms with Gasteiger partial charge < -0.3 is 20.0 Å². The lowest BCUT2D eigenvalue weighted by molar-refractivity contribution is -0.143. The van der Waals surface area contributed by atoms with Crippen LogP contribution in [0.25, 0.3) is 0 Å². The number of benzene rings is 2. The number of piperidine rings is 2. The number of likely N-dealkylation sites (tertiary alicyclic amines) is 1. The molecule has 12 heteroatoms. The summed E-state index contributed by atoms with van der Waals surface area (Å²) in [7, 11) is 0. The second-order valence-electron chi connectivity index (χ2n) is 11.9. The fourth-order valence-corrected chi connectivity index (χ4v) is 6.97. The average molecular weight is 611 g/mol. The number of anilines is 1. The summed E-state index contributed by atoms with van der Waals surface area (Å²) in [6, 6.07) is 8.05. The molecule has 1 amide bonds. The number of Topliss-reactive ketones (excluding diaryl/α,β-unsaturated/α-hetero) is 1. The molecular formula is C31H36F6N4O2. The fourth-order valence-electron chi connectivity index (χ4n) is 6.97. The van der Waals surface area contributed by atoms with Gasteiger partial charge in [0, 0.05) is 24.3 Å². The summed E-state index contributed by atoms with van der Waals surface area (Å²) in [5.41, 5.74) is -5.73. The number of ketones is 1. The van der Waals surface area contributed by atoms with Crippen molar-refractivity contribution >= 4 is 17.4 Å². The molecule has 0 radical (unpaired) electrons. The number of rotatable bonds is 6. The maximum Gasteiger partial charge on any atom is 0.416 e. The lowest BCUT2D eigenvalue weighted by atomic mass is 9.84. The molecule has 3 saturated heterocycles. The molecule has 1 unspecified atom stereocenters. The lowest BCUT2D eigenvalue weighted by Gasteiger charge is -2.47. The minimum absolute atomic E-state index is 0.0143. The van der Waals surface area contributed by atoms with Crippen LogP contribution in [0.1, 0.15) is 66.1 Å².